The second-order valence-electron chi connectivity index (χ2n) is 5.54. The van der Waals surface area contributed by atoms with E-state index in [9.17, 15) is 4.79 Å². The number of carbonyl (C=O) groups excluding carboxylic acids is 1. The van der Waals surface area contributed by atoms with Gasteiger partial charge in [-0.15, -0.1) is 0 Å². The van der Waals surface area contributed by atoms with Gasteiger partial charge in [-0.3, -0.25) is 4.79 Å². The molecule has 3 rings (SSSR count). The molecule has 0 saturated heterocycles. The Morgan fingerprint density at radius 1 is 1.12 bits per heavy atom. The molecule has 0 fully saturated rings. The lowest BCUT2D eigenvalue weighted by Gasteiger charge is -2.09. The van der Waals surface area contributed by atoms with Gasteiger partial charge in [0.1, 0.15) is 5.82 Å². The fraction of sp³-hybridized carbons (Fsp3) is 0.158. The molecule has 6 heteroatoms. The van der Waals surface area contributed by atoms with Crippen LogP contribution in [0.5, 0.6) is 0 Å². The summed E-state index contributed by atoms with van der Waals surface area (Å²) in [6.45, 7) is 1.31. The molecule has 2 aromatic carbocycles. The monoisotopic (exact) mass is 373 g/mol. The highest BCUT2D eigenvalue weighted by atomic mass is 35.5. The molecule has 25 heavy (non-hydrogen) atoms. The van der Waals surface area contributed by atoms with E-state index in [0.29, 0.717) is 22.2 Å². The standard InChI is InChI=1S/C19H17Cl2N3O/c20-15-7-8-16(17(21)13-15)19(25)23-9-4-11-24-12-10-22-18(24)14-5-2-1-3-6-14/h1-3,5-8,10,12-13H,4,9,11H2,(H,23,25). The fourth-order valence-electron chi connectivity index (χ4n) is 2.56. The van der Waals surface area contributed by atoms with Gasteiger partial charge < -0.3 is 9.88 Å². The predicted molar refractivity (Wildman–Crippen MR) is 101 cm³/mol. The first kappa shape index (κ1) is 17.5. The summed E-state index contributed by atoms with van der Waals surface area (Å²) in [6, 6.07) is 14.9. The third kappa shape index (κ3) is 4.41. The smallest absolute Gasteiger partial charge is 0.252 e. The maximum absolute atomic E-state index is 12.2. The number of carbonyl (C=O) groups is 1. The first-order valence-corrected chi connectivity index (χ1v) is 8.70. The van der Waals surface area contributed by atoms with Gasteiger partial charge in [0, 0.05) is 36.1 Å². The molecule has 1 aromatic heterocycles. The molecule has 3 aromatic rings. The van der Waals surface area contributed by atoms with Gasteiger partial charge in [-0.05, 0) is 24.6 Å². The molecule has 0 unspecified atom stereocenters. The number of benzene rings is 2. The van der Waals surface area contributed by atoms with Crippen LogP contribution in [0.3, 0.4) is 0 Å². The van der Waals surface area contributed by atoms with Crippen LogP contribution in [0.25, 0.3) is 11.4 Å². The summed E-state index contributed by atoms with van der Waals surface area (Å²) in [5.41, 5.74) is 1.50. The van der Waals surface area contributed by atoms with Crippen molar-refractivity contribution in [2.24, 2.45) is 0 Å². The molecule has 1 N–H and O–H groups in total. The normalized spacial score (nSPS) is 10.6. The van der Waals surface area contributed by atoms with Gasteiger partial charge in [0.2, 0.25) is 0 Å². The average Bonchev–Trinajstić information content (AvgIpc) is 3.08. The van der Waals surface area contributed by atoms with Crippen molar-refractivity contribution in [1.82, 2.24) is 14.9 Å². The first-order chi connectivity index (χ1) is 12.1. The van der Waals surface area contributed by atoms with Gasteiger partial charge in [-0.1, -0.05) is 53.5 Å². The topological polar surface area (TPSA) is 46.9 Å². The van der Waals surface area contributed by atoms with Crippen molar-refractivity contribution in [3.05, 3.63) is 76.5 Å². The van der Waals surface area contributed by atoms with E-state index >= 15 is 0 Å². The number of imidazole rings is 1. The molecule has 0 aliphatic carbocycles. The van der Waals surface area contributed by atoms with Gasteiger partial charge in [-0.2, -0.15) is 0 Å². The molecule has 1 heterocycles. The molecule has 1 amide bonds. The fourth-order valence-corrected chi connectivity index (χ4v) is 3.05. The van der Waals surface area contributed by atoms with Crippen LogP contribution in [0, 0.1) is 0 Å². The number of hydrogen-bond acceptors (Lipinski definition) is 2. The minimum absolute atomic E-state index is 0.199. The Morgan fingerprint density at radius 2 is 1.92 bits per heavy atom. The molecule has 0 aliphatic rings. The van der Waals surface area contributed by atoms with E-state index in [1.54, 1.807) is 24.4 Å². The number of nitrogens with zero attached hydrogens (tertiary/aromatic N) is 2. The number of amides is 1. The van der Waals surface area contributed by atoms with Crippen LogP contribution in [0.1, 0.15) is 16.8 Å². The lowest BCUT2D eigenvalue weighted by Crippen LogP contribution is -2.25. The van der Waals surface area contributed by atoms with Gasteiger partial charge in [-0.25, -0.2) is 4.98 Å². The average molecular weight is 374 g/mol. The summed E-state index contributed by atoms with van der Waals surface area (Å²) < 4.78 is 2.08. The maximum atomic E-state index is 12.2. The van der Waals surface area contributed by atoms with E-state index in [-0.39, 0.29) is 5.91 Å². The largest absolute Gasteiger partial charge is 0.352 e. The summed E-state index contributed by atoms with van der Waals surface area (Å²) in [7, 11) is 0. The zero-order valence-electron chi connectivity index (χ0n) is 13.5. The number of nitrogens with one attached hydrogen (secondary N) is 1. The zero-order valence-corrected chi connectivity index (χ0v) is 15.0. The van der Waals surface area contributed by atoms with Crippen LogP contribution >= 0.6 is 23.2 Å². The zero-order chi connectivity index (χ0) is 17.6. The summed E-state index contributed by atoms with van der Waals surface area (Å²) in [4.78, 5) is 16.6. The maximum Gasteiger partial charge on any atom is 0.252 e. The Hall–Kier alpha value is -2.30. The minimum Gasteiger partial charge on any atom is -0.352 e. The van der Waals surface area contributed by atoms with E-state index in [1.165, 1.54) is 0 Å². The van der Waals surface area contributed by atoms with Crippen LogP contribution in [0.4, 0.5) is 0 Å². The van der Waals surface area contributed by atoms with Gasteiger partial charge in [0.15, 0.2) is 0 Å². The highest BCUT2D eigenvalue weighted by Crippen LogP contribution is 2.21. The predicted octanol–water partition coefficient (Wildman–Crippen LogP) is 4.68. The molecular formula is C19H17Cl2N3O. The van der Waals surface area contributed by atoms with Crippen molar-refractivity contribution < 1.29 is 4.79 Å². The number of halogens is 2. The number of hydrogen-bond donors (Lipinski definition) is 1. The van der Waals surface area contributed by atoms with Crippen molar-refractivity contribution in [3.63, 3.8) is 0 Å². The lowest BCUT2D eigenvalue weighted by atomic mass is 10.2. The molecule has 0 radical (unpaired) electrons. The van der Waals surface area contributed by atoms with Crippen molar-refractivity contribution in [1.29, 1.82) is 0 Å². The molecule has 0 bridgehead atoms. The van der Waals surface area contributed by atoms with Crippen LogP contribution in [-0.2, 0) is 6.54 Å². The highest BCUT2D eigenvalue weighted by molar-refractivity contribution is 6.36. The first-order valence-electron chi connectivity index (χ1n) is 7.95. The molecule has 4 nitrogen and oxygen atoms in total. The van der Waals surface area contributed by atoms with Crippen molar-refractivity contribution in [3.8, 4) is 11.4 Å². The van der Waals surface area contributed by atoms with Gasteiger partial charge in [0.25, 0.3) is 5.91 Å². The van der Waals surface area contributed by atoms with E-state index < -0.39 is 0 Å². The van der Waals surface area contributed by atoms with Crippen molar-refractivity contribution in [2.45, 2.75) is 13.0 Å². The van der Waals surface area contributed by atoms with E-state index in [2.05, 4.69) is 14.9 Å². The van der Waals surface area contributed by atoms with Gasteiger partial charge >= 0.3 is 0 Å². The number of aryl methyl sites for hydroxylation is 1. The summed E-state index contributed by atoms with van der Waals surface area (Å²) in [6.07, 6.45) is 4.52. The molecule has 128 valence electrons. The summed E-state index contributed by atoms with van der Waals surface area (Å²) in [5.74, 6) is 0.725. The second-order valence-corrected chi connectivity index (χ2v) is 6.39. The molecule has 0 aliphatic heterocycles. The van der Waals surface area contributed by atoms with E-state index in [0.717, 1.165) is 24.4 Å². The quantitative estimate of drug-likeness (QED) is 0.637. The van der Waals surface area contributed by atoms with Gasteiger partial charge in [0.05, 0.1) is 10.6 Å². The Labute approximate surface area is 156 Å². The van der Waals surface area contributed by atoms with Crippen LogP contribution < -0.4 is 5.32 Å². The minimum atomic E-state index is -0.199. The van der Waals surface area contributed by atoms with Crippen LogP contribution in [0.15, 0.2) is 60.9 Å². The SMILES string of the molecule is O=C(NCCCn1ccnc1-c1ccccc1)c1ccc(Cl)cc1Cl. The number of aromatic nitrogens is 2. The third-order valence-electron chi connectivity index (χ3n) is 3.78. The Morgan fingerprint density at radius 3 is 2.68 bits per heavy atom. The molecular weight excluding hydrogens is 357 g/mol. The molecule has 0 atom stereocenters. The Kier molecular flexibility index (Phi) is 5.74. The highest BCUT2D eigenvalue weighted by Gasteiger charge is 2.10. The van der Waals surface area contributed by atoms with E-state index in [1.807, 2.05) is 36.5 Å². The van der Waals surface area contributed by atoms with Crippen molar-refractivity contribution >= 4 is 29.1 Å². The Bertz CT molecular complexity index is 862. The van der Waals surface area contributed by atoms with E-state index in [4.69, 9.17) is 23.2 Å². The summed E-state index contributed by atoms with van der Waals surface area (Å²) >= 11 is 11.9. The molecule has 0 spiro atoms. The molecule has 0 saturated carbocycles. The second kappa shape index (κ2) is 8.19. The summed E-state index contributed by atoms with van der Waals surface area (Å²) in [5, 5.41) is 3.74. The number of rotatable bonds is 6. The van der Waals surface area contributed by atoms with Crippen molar-refractivity contribution in [2.75, 3.05) is 6.54 Å². The Balaban J connectivity index is 1.54. The van der Waals surface area contributed by atoms with Crippen LogP contribution in [-0.4, -0.2) is 22.0 Å². The third-order valence-corrected chi connectivity index (χ3v) is 4.33. The lowest BCUT2D eigenvalue weighted by molar-refractivity contribution is 0.0953. The van der Waals surface area contributed by atoms with Crippen LogP contribution in [0.2, 0.25) is 10.0 Å².